The van der Waals surface area contributed by atoms with Crippen LogP contribution < -0.4 is 0 Å². The predicted octanol–water partition coefficient (Wildman–Crippen LogP) is 4.13. The number of hydrogen-bond acceptors (Lipinski definition) is 2. The smallest absolute Gasteiger partial charge is 0.158 e. The van der Waals surface area contributed by atoms with Crippen LogP contribution in [0.15, 0.2) is 11.6 Å². The van der Waals surface area contributed by atoms with Crippen molar-refractivity contribution in [3.63, 3.8) is 0 Å². The number of aliphatic hydroxyl groups is 1. The average Bonchev–Trinajstić information content (AvgIpc) is 2.71. The van der Waals surface area contributed by atoms with Crippen LogP contribution in [0, 0.1) is 35.0 Å². The van der Waals surface area contributed by atoms with E-state index in [1.807, 2.05) is 6.08 Å². The molecule has 0 saturated heterocycles. The fraction of sp³-hybridized carbons (Fsp3) is 0.850. The number of carbonyl (C=O) groups is 1. The van der Waals surface area contributed by atoms with Crippen LogP contribution >= 0.6 is 0 Å². The first-order chi connectivity index (χ1) is 10.3. The molecule has 0 aromatic rings. The maximum absolute atomic E-state index is 12.0. The Morgan fingerprint density at radius 3 is 2.68 bits per heavy atom. The molecule has 2 heteroatoms. The van der Waals surface area contributed by atoms with Crippen molar-refractivity contribution >= 4 is 5.78 Å². The van der Waals surface area contributed by atoms with E-state index in [1.165, 1.54) is 24.8 Å². The van der Waals surface area contributed by atoms with Crippen LogP contribution in [0.5, 0.6) is 0 Å². The summed E-state index contributed by atoms with van der Waals surface area (Å²) >= 11 is 0. The molecule has 22 heavy (non-hydrogen) atoms. The van der Waals surface area contributed by atoms with Gasteiger partial charge in [-0.05, 0) is 87.0 Å². The number of carbonyl (C=O) groups excluding carboxylic acids is 1. The van der Waals surface area contributed by atoms with Gasteiger partial charge in [-0.3, -0.25) is 4.79 Å². The fourth-order valence-corrected chi connectivity index (χ4v) is 6.60. The maximum Gasteiger partial charge on any atom is 0.158 e. The highest BCUT2D eigenvalue weighted by Gasteiger charge is 2.60. The van der Waals surface area contributed by atoms with Crippen molar-refractivity contribution in [3.05, 3.63) is 11.6 Å². The number of allylic oxidation sites excluding steroid dienone is 1. The zero-order valence-electron chi connectivity index (χ0n) is 14.3. The minimum absolute atomic E-state index is 0.117. The van der Waals surface area contributed by atoms with Crippen LogP contribution in [0.2, 0.25) is 0 Å². The lowest BCUT2D eigenvalue weighted by Gasteiger charge is -2.55. The van der Waals surface area contributed by atoms with E-state index in [0.29, 0.717) is 17.6 Å². The number of hydrogen-bond donors (Lipinski definition) is 1. The summed E-state index contributed by atoms with van der Waals surface area (Å²) in [6.07, 6.45) is 10.0. The molecule has 1 N–H and O–H groups in total. The van der Waals surface area contributed by atoms with Crippen LogP contribution in [0.3, 0.4) is 0 Å². The van der Waals surface area contributed by atoms with Crippen LogP contribution in [0.1, 0.15) is 65.7 Å². The first-order valence-corrected chi connectivity index (χ1v) is 9.30. The Hall–Kier alpha value is -0.630. The van der Waals surface area contributed by atoms with Gasteiger partial charge in [0.05, 0.1) is 5.60 Å². The standard InChI is InChI=1S/C20H30O2/c1-12-10-16-13(11-18(12)21)4-5-15-14(16)6-8-19(2)17(15)7-9-20(19,3)22/h11-12,14-17,22H,4-10H2,1-3H3/t12-,14+,15-,16-,17+,19-,20-/m1/s1. The molecule has 0 radical (unpaired) electrons. The minimum Gasteiger partial charge on any atom is -0.390 e. The van der Waals surface area contributed by atoms with Gasteiger partial charge in [-0.25, -0.2) is 0 Å². The molecular formula is C20H30O2. The number of rotatable bonds is 0. The van der Waals surface area contributed by atoms with E-state index in [1.54, 1.807) is 0 Å². The highest BCUT2D eigenvalue weighted by atomic mass is 16.3. The summed E-state index contributed by atoms with van der Waals surface area (Å²) in [5, 5.41) is 10.9. The molecule has 0 aromatic heterocycles. The molecule has 4 rings (SSSR count). The molecule has 0 unspecified atom stereocenters. The zero-order chi connectivity index (χ0) is 15.7. The van der Waals surface area contributed by atoms with E-state index in [4.69, 9.17) is 0 Å². The normalized spacial score (nSPS) is 54.3. The molecule has 0 aliphatic heterocycles. The van der Waals surface area contributed by atoms with Gasteiger partial charge in [-0.1, -0.05) is 19.4 Å². The van der Waals surface area contributed by atoms with Gasteiger partial charge in [0.1, 0.15) is 0 Å². The summed E-state index contributed by atoms with van der Waals surface area (Å²) in [6.45, 7) is 6.52. The molecule has 7 atom stereocenters. The van der Waals surface area contributed by atoms with Gasteiger partial charge in [-0.2, -0.15) is 0 Å². The summed E-state index contributed by atoms with van der Waals surface area (Å²) in [6, 6.07) is 0. The third kappa shape index (κ3) is 1.85. The Kier molecular flexibility index (Phi) is 3.18. The third-order valence-corrected chi connectivity index (χ3v) is 8.23. The zero-order valence-corrected chi connectivity index (χ0v) is 14.3. The van der Waals surface area contributed by atoms with E-state index in [2.05, 4.69) is 20.8 Å². The Morgan fingerprint density at radius 1 is 1.14 bits per heavy atom. The molecular weight excluding hydrogens is 272 g/mol. The first kappa shape index (κ1) is 14.9. The molecule has 122 valence electrons. The van der Waals surface area contributed by atoms with Crippen molar-refractivity contribution in [3.8, 4) is 0 Å². The lowest BCUT2D eigenvalue weighted by Crippen LogP contribution is -2.51. The second-order valence-corrected chi connectivity index (χ2v) is 9.11. The van der Waals surface area contributed by atoms with Crippen LogP contribution in [-0.4, -0.2) is 16.5 Å². The van der Waals surface area contributed by atoms with Gasteiger partial charge >= 0.3 is 0 Å². The molecule has 4 aliphatic rings. The van der Waals surface area contributed by atoms with Gasteiger partial charge in [0, 0.05) is 5.92 Å². The second-order valence-electron chi connectivity index (χ2n) is 9.11. The molecule has 0 spiro atoms. The quantitative estimate of drug-likeness (QED) is 0.730. The number of fused-ring (bicyclic) bond motifs is 5. The third-order valence-electron chi connectivity index (χ3n) is 8.23. The summed E-state index contributed by atoms with van der Waals surface area (Å²) in [5.41, 5.74) is 1.10. The molecule has 2 nitrogen and oxygen atoms in total. The predicted molar refractivity (Wildman–Crippen MR) is 87.3 cm³/mol. The molecule has 0 amide bonds. The Labute approximate surface area is 134 Å². The number of ketones is 1. The van der Waals surface area contributed by atoms with Crippen molar-refractivity contribution < 1.29 is 9.90 Å². The van der Waals surface area contributed by atoms with Gasteiger partial charge in [-0.15, -0.1) is 0 Å². The SMILES string of the molecule is C[C@@H]1C[C@@H]2C(=CC1=O)CC[C@@H]1[C@@H]2CC[C@]2(C)[C@H]1CC[C@@]2(C)O. The highest BCUT2D eigenvalue weighted by Crippen LogP contribution is 2.64. The van der Waals surface area contributed by atoms with Gasteiger partial charge in [0.25, 0.3) is 0 Å². The van der Waals surface area contributed by atoms with Crippen molar-refractivity contribution in [1.29, 1.82) is 0 Å². The Morgan fingerprint density at radius 2 is 1.91 bits per heavy atom. The second kappa shape index (κ2) is 4.69. The first-order valence-electron chi connectivity index (χ1n) is 9.30. The summed E-state index contributed by atoms with van der Waals surface area (Å²) in [5.74, 6) is 3.46. The topological polar surface area (TPSA) is 37.3 Å². The molecule has 0 heterocycles. The van der Waals surface area contributed by atoms with Crippen molar-refractivity contribution in [2.45, 2.75) is 71.3 Å². The largest absolute Gasteiger partial charge is 0.390 e. The fourth-order valence-electron chi connectivity index (χ4n) is 6.60. The summed E-state index contributed by atoms with van der Waals surface area (Å²) in [7, 11) is 0. The summed E-state index contributed by atoms with van der Waals surface area (Å²) in [4.78, 5) is 12.0. The lowest BCUT2D eigenvalue weighted by atomic mass is 9.50. The van der Waals surface area contributed by atoms with E-state index in [-0.39, 0.29) is 11.3 Å². The van der Waals surface area contributed by atoms with Crippen molar-refractivity contribution in [1.82, 2.24) is 0 Å². The van der Waals surface area contributed by atoms with Crippen molar-refractivity contribution in [2.75, 3.05) is 0 Å². The van der Waals surface area contributed by atoms with Crippen LogP contribution in [-0.2, 0) is 4.79 Å². The Balaban J connectivity index is 1.65. The van der Waals surface area contributed by atoms with Gasteiger partial charge in [0.15, 0.2) is 5.78 Å². The molecule has 3 saturated carbocycles. The molecule has 3 fully saturated rings. The maximum atomic E-state index is 12.0. The van der Waals surface area contributed by atoms with Crippen LogP contribution in [0.4, 0.5) is 0 Å². The summed E-state index contributed by atoms with van der Waals surface area (Å²) < 4.78 is 0. The van der Waals surface area contributed by atoms with Gasteiger partial charge in [0.2, 0.25) is 0 Å². The van der Waals surface area contributed by atoms with E-state index in [9.17, 15) is 9.90 Å². The van der Waals surface area contributed by atoms with Crippen molar-refractivity contribution in [2.24, 2.45) is 35.0 Å². The van der Waals surface area contributed by atoms with Gasteiger partial charge < -0.3 is 5.11 Å². The molecule has 0 aromatic carbocycles. The van der Waals surface area contributed by atoms with Crippen LogP contribution in [0.25, 0.3) is 0 Å². The van der Waals surface area contributed by atoms with E-state index in [0.717, 1.165) is 37.5 Å². The average molecular weight is 302 g/mol. The lowest BCUT2D eigenvalue weighted by molar-refractivity contribution is -0.121. The molecule has 0 bridgehead atoms. The highest BCUT2D eigenvalue weighted by molar-refractivity contribution is 5.93. The monoisotopic (exact) mass is 302 g/mol. The Bertz CT molecular complexity index is 532. The molecule has 4 aliphatic carbocycles. The minimum atomic E-state index is -0.478. The van der Waals surface area contributed by atoms with E-state index < -0.39 is 5.60 Å². The van der Waals surface area contributed by atoms with E-state index >= 15 is 0 Å².